The summed E-state index contributed by atoms with van der Waals surface area (Å²) < 4.78 is 0. The van der Waals surface area contributed by atoms with E-state index in [9.17, 15) is 9.90 Å². The van der Waals surface area contributed by atoms with Crippen molar-refractivity contribution >= 4 is 5.91 Å². The first kappa shape index (κ1) is 11.5. The van der Waals surface area contributed by atoms with Crippen molar-refractivity contribution in [1.29, 1.82) is 0 Å². The number of carbonyl (C=O) groups is 1. The smallest absolute Gasteiger partial charge is 0.237 e. The molecule has 2 aliphatic heterocycles. The fourth-order valence-corrected chi connectivity index (χ4v) is 3.80. The molecule has 96 valence electrons. The fourth-order valence-electron chi connectivity index (χ4n) is 3.80. The third-order valence-corrected chi connectivity index (χ3v) is 4.79. The lowest BCUT2D eigenvalue weighted by atomic mass is 10.00. The quantitative estimate of drug-likeness (QED) is 0.693. The van der Waals surface area contributed by atoms with Crippen LogP contribution in [0.25, 0.3) is 0 Å². The summed E-state index contributed by atoms with van der Waals surface area (Å²) in [6, 6.07) is 0.0651. The first-order valence-electron chi connectivity index (χ1n) is 6.95. The predicted molar refractivity (Wildman–Crippen MR) is 64.4 cm³/mol. The number of aliphatic hydroxyl groups is 1. The van der Waals surface area contributed by atoms with Gasteiger partial charge in [0.05, 0.1) is 12.1 Å². The van der Waals surface area contributed by atoms with Gasteiger partial charge in [-0.05, 0) is 38.0 Å². The molecule has 0 bridgehead atoms. The molecular weight excluding hydrogens is 216 g/mol. The van der Waals surface area contributed by atoms with Crippen molar-refractivity contribution in [2.45, 2.75) is 44.2 Å². The Morgan fingerprint density at radius 3 is 2.88 bits per heavy atom. The monoisotopic (exact) mass is 238 g/mol. The standard InChI is InChI=1S/C13H22N2O2/c16-12-5-4-9-7-15(8-10(9)12)11-3-1-2-6-14-13(11)17/h9-12,16H,1-8H2,(H,14,17). The van der Waals surface area contributed by atoms with Crippen LogP contribution in [0.1, 0.15) is 32.1 Å². The topological polar surface area (TPSA) is 52.6 Å². The molecule has 3 aliphatic rings. The number of amides is 1. The number of nitrogens with one attached hydrogen (secondary N) is 1. The molecule has 0 aromatic rings. The second kappa shape index (κ2) is 4.58. The van der Waals surface area contributed by atoms with Crippen LogP contribution in [-0.4, -0.2) is 47.7 Å². The van der Waals surface area contributed by atoms with Gasteiger partial charge < -0.3 is 10.4 Å². The van der Waals surface area contributed by atoms with Crippen LogP contribution in [0.5, 0.6) is 0 Å². The fraction of sp³-hybridized carbons (Fsp3) is 0.923. The summed E-state index contributed by atoms with van der Waals surface area (Å²) in [5.41, 5.74) is 0. The van der Waals surface area contributed by atoms with Crippen LogP contribution >= 0.6 is 0 Å². The number of carbonyl (C=O) groups excluding carboxylic acids is 1. The molecule has 0 radical (unpaired) electrons. The van der Waals surface area contributed by atoms with E-state index in [-0.39, 0.29) is 18.1 Å². The van der Waals surface area contributed by atoms with E-state index in [1.54, 1.807) is 0 Å². The Bertz CT molecular complexity index is 308. The van der Waals surface area contributed by atoms with E-state index in [1.807, 2.05) is 0 Å². The predicted octanol–water partition coefficient (Wildman–Crippen LogP) is 0.358. The van der Waals surface area contributed by atoms with Gasteiger partial charge in [-0.25, -0.2) is 0 Å². The molecular formula is C13H22N2O2. The molecule has 4 unspecified atom stereocenters. The average Bonchev–Trinajstić information content (AvgIpc) is 2.79. The average molecular weight is 238 g/mol. The van der Waals surface area contributed by atoms with Crippen molar-refractivity contribution in [2.75, 3.05) is 19.6 Å². The van der Waals surface area contributed by atoms with Gasteiger partial charge >= 0.3 is 0 Å². The summed E-state index contributed by atoms with van der Waals surface area (Å²) in [6.07, 6.45) is 5.19. The van der Waals surface area contributed by atoms with Crippen molar-refractivity contribution in [1.82, 2.24) is 10.2 Å². The lowest BCUT2D eigenvalue weighted by Crippen LogP contribution is -2.45. The number of aliphatic hydroxyl groups excluding tert-OH is 1. The number of hydrogen-bond donors (Lipinski definition) is 2. The van der Waals surface area contributed by atoms with Gasteiger partial charge in [0, 0.05) is 25.6 Å². The van der Waals surface area contributed by atoms with Gasteiger partial charge in [0.25, 0.3) is 0 Å². The zero-order chi connectivity index (χ0) is 11.8. The maximum absolute atomic E-state index is 12.0. The van der Waals surface area contributed by atoms with Crippen LogP contribution in [0.15, 0.2) is 0 Å². The minimum absolute atomic E-state index is 0.0651. The van der Waals surface area contributed by atoms with Gasteiger partial charge in [0.2, 0.25) is 5.91 Å². The normalized spacial score (nSPS) is 43.2. The van der Waals surface area contributed by atoms with Gasteiger partial charge in [0.1, 0.15) is 0 Å². The lowest BCUT2D eigenvalue weighted by Gasteiger charge is -2.26. The zero-order valence-corrected chi connectivity index (χ0v) is 10.3. The SMILES string of the molecule is O=C1NCCCCC1N1CC2CCC(O)C2C1. The summed E-state index contributed by atoms with van der Waals surface area (Å²) >= 11 is 0. The highest BCUT2D eigenvalue weighted by atomic mass is 16.3. The molecule has 1 saturated carbocycles. The first-order chi connectivity index (χ1) is 8.25. The third kappa shape index (κ3) is 2.08. The molecule has 0 aromatic carbocycles. The number of fused-ring (bicyclic) bond motifs is 1. The van der Waals surface area contributed by atoms with E-state index in [0.29, 0.717) is 11.8 Å². The highest BCUT2D eigenvalue weighted by molar-refractivity contribution is 5.82. The van der Waals surface area contributed by atoms with E-state index in [2.05, 4.69) is 10.2 Å². The molecule has 4 atom stereocenters. The summed E-state index contributed by atoms with van der Waals surface area (Å²) in [5, 5.41) is 12.9. The van der Waals surface area contributed by atoms with E-state index in [0.717, 1.165) is 51.7 Å². The zero-order valence-electron chi connectivity index (χ0n) is 10.3. The van der Waals surface area contributed by atoms with Crippen molar-refractivity contribution < 1.29 is 9.90 Å². The van der Waals surface area contributed by atoms with Gasteiger partial charge in [-0.3, -0.25) is 9.69 Å². The minimum Gasteiger partial charge on any atom is -0.393 e. The Balaban J connectivity index is 1.67. The molecule has 3 rings (SSSR count). The summed E-state index contributed by atoms with van der Waals surface area (Å²) in [4.78, 5) is 14.3. The lowest BCUT2D eigenvalue weighted by molar-refractivity contribution is -0.126. The highest BCUT2D eigenvalue weighted by Crippen LogP contribution is 2.39. The summed E-state index contributed by atoms with van der Waals surface area (Å²) in [5.74, 6) is 1.25. The Morgan fingerprint density at radius 2 is 2.06 bits per heavy atom. The number of hydrogen-bond acceptors (Lipinski definition) is 3. The molecule has 0 spiro atoms. The van der Waals surface area contributed by atoms with Gasteiger partial charge in [-0.1, -0.05) is 0 Å². The van der Waals surface area contributed by atoms with Crippen LogP contribution in [0.2, 0.25) is 0 Å². The number of rotatable bonds is 1. The minimum atomic E-state index is -0.126. The molecule has 17 heavy (non-hydrogen) atoms. The Labute approximate surface area is 102 Å². The summed E-state index contributed by atoms with van der Waals surface area (Å²) in [7, 11) is 0. The second-order valence-corrected chi connectivity index (χ2v) is 5.83. The Hall–Kier alpha value is -0.610. The number of nitrogens with zero attached hydrogens (tertiary/aromatic N) is 1. The Kier molecular flexibility index (Phi) is 3.09. The first-order valence-corrected chi connectivity index (χ1v) is 6.95. The van der Waals surface area contributed by atoms with Crippen LogP contribution < -0.4 is 5.32 Å². The van der Waals surface area contributed by atoms with Crippen molar-refractivity contribution in [2.24, 2.45) is 11.8 Å². The largest absolute Gasteiger partial charge is 0.393 e. The van der Waals surface area contributed by atoms with E-state index in [1.165, 1.54) is 0 Å². The van der Waals surface area contributed by atoms with E-state index < -0.39 is 0 Å². The number of likely N-dealkylation sites (tertiary alicyclic amines) is 1. The van der Waals surface area contributed by atoms with Crippen LogP contribution in [0.3, 0.4) is 0 Å². The van der Waals surface area contributed by atoms with Gasteiger partial charge in [-0.15, -0.1) is 0 Å². The van der Waals surface area contributed by atoms with Crippen LogP contribution in [0, 0.1) is 11.8 Å². The molecule has 2 saturated heterocycles. The molecule has 1 amide bonds. The van der Waals surface area contributed by atoms with Crippen molar-refractivity contribution in [3.05, 3.63) is 0 Å². The van der Waals surface area contributed by atoms with Gasteiger partial charge in [-0.2, -0.15) is 0 Å². The maximum Gasteiger partial charge on any atom is 0.237 e. The molecule has 1 aliphatic carbocycles. The molecule has 2 N–H and O–H groups in total. The third-order valence-electron chi connectivity index (χ3n) is 4.79. The van der Waals surface area contributed by atoms with Crippen LogP contribution in [-0.2, 0) is 4.79 Å². The van der Waals surface area contributed by atoms with Crippen LogP contribution in [0.4, 0.5) is 0 Å². The highest BCUT2D eigenvalue weighted by Gasteiger charge is 2.44. The molecule has 0 aromatic heterocycles. The van der Waals surface area contributed by atoms with E-state index >= 15 is 0 Å². The van der Waals surface area contributed by atoms with Crippen molar-refractivity contribution in [3.8, 4) is 0 Å². The molecule has 3 fully saturated rings. The maximum atomic E-state index is 12.0. The molecule has 4 nitrogen and oxygen atoms in total. The van der Waals surface area contributed by atoms with E-state index in [4.69, 9.17) is 0 Å². The Morgan fingerprint density at radius 1 is 1.18 bits per heavy atom. The van der Waals surface area contributed by atoms with Crippen molar-refractivity contribution in [3.63, 3.8) is 0 Å². The summed E-state index contributed by atoms with van der Waals surface area (Å²) in [6.45, 7) is 2.77. The molecule has 2 heterocycles. The molecule has 4 heteroatoms. The second-order valence-electron chi connectivity index (χ2n) is 5.83. The van der Waals surface area contributed by atoms with Gasteiger partial charge in [0.15, 0.2) is 0 Å².